The standard InChI is InChI=1S/C6H14N2O2/c1-5(2)8(7)4-6(9)10-3/h5H,4,7H2,1-3H3. The number of hydrazine groups is 1. The van der Waals surface area contributed by atoms with E-state index in [0.717, 1.165) is 0 Å². The lowest BCUT2D eigenvalue weighted by molar-refractivity contribution is -0.142. The second-order valence-corrected chi connectivity index (χ2v) is 2.34. The van der Waals surface area contributed by atoms with E-state index in [1.807, 2.05) is 13.8 Å². The van der Waals surface area contributed by atoms with Crippen LogP contribution in [0.3, 0.4) is 0 Å². The van der Waals surface area contributed by atoms with E-state index in [1.54, 1.807) is 0 Å². The van der Waals surface area contributed by atoms with Gasteiger partial charge in [0.15, 0.2) is 0 Å². The van der Waals surface area contributed by atoms with Crippen LogP contribution in [-0.4, -0.2) is 30.7 Å². The lowest BCUT2D eigenvalue weighted by Gasteiger charge is -2.18. The molecule has 0 aromatic rings. The van der Waals surface area contributed by atoms with E-state index in [4.69, 9.17) is 5.84 Å². The Morgan fingerprint density at radius 1 is 1.70 bits per heavy atom. The van der Waals surface area contributed by atoms with E-state index in [1.165, 1.54) is 12.1 Å². The lowest BCUT2D eigenvalue weighted by atomic mass is 10.4. The molecule has 0 heterocycles. The number of rotatable bonds is 3. The third-order valence-corrected chi connectivity index (χ3v) is 1.20. The van der Waals surface area contributed by atoms with Crippen LogP contribution in [0, 0.1) is 0 Å². The molecule has 10 heavy (non-hydrogen) atoms. The molecule has 0 atom stereocenters. The molecule has 0 amide bonds. The maximum absolute atomic E-state index is 10.6. The molecule has 2 N–H and O–H groups in total. The molecule has 0 aliphatic heterocycles. The summed E-state index contributed by atoms with van der Waals surface area (Å²) in [7, 11) is 1.34. The monoisotopic (exact) mass is 146 g/mol. The molecule has 0 fully saturated rings. The first kappa shape index (κ1) is 9.39. The number of methoxy groups -OCH3 is 1. The maximum Gasteiger partial charge on any atom is 0.321 e. The van der Waals surface area contributed by atoms with Crippen LogP contribution in [0.5, 0.6) is 0 Å². The fraction of sp³-hybridized carbons (Fsp3) is 0.833. The van der Waals surface area contributed by atoms with Gasteiger partial charge in [-0.2, -0.15) is 0 Å². The van der Waals surface area contributed by atoms with Gasteiger partial charge in [-0.1, -0.05) is 0 Å². The van der Waals surface area contributed by atoms with E-state index < -0.39 is 0 Å². The molecule has 0 rings (SSSR count). The first-order valence-electron chi connectivity index (χ1n) is 3.16. The molecule has 0 radical (unpaired) electrons. The summed E-state index contributed by atoms with van der Waals surface area (Å²) < 4.78 is 4.41. The van der Waals surface area contributed by atoms with Crippen molar-refractivity contribution >= 4 is 5.97 Å². The van der Waals surface area contributed by atoms with Crippen molar-refractivity contribution in [2.45, 2.75) is 19.9 Å². The summed E-state index contributed by atoms with van der Waals surface area (Å²) in [6.45, 7) is 3.96. The zero-order valence-electron chi connectivity index (χ0n) is 6.63. The van der Waals surface area contributed by atoms with Gasteiger partial charge in [-0.15, -0.1) is 0 Å². The number of hydrogen-bond acceptors (Lipinski definition) is 4. The molecule has 0 aliphatic rings. The van der Waals surface area contributed by atoms with Crippen molar-refractivity contribution in [3.63, 3.8) is 0 Å². The number of carbonyl (C=O) groups is 1. The molecule has 0 aromatic carbocycles. The number of esters is 1. The predicted molar refractivity (Wildman–Crippen MR) is 38.0 cm³/mol. The zero-order valence-corrected chi connectivity index (χ0v) is 6.63. The van der Waals surface area contributed by atoms with Crippen LogP contribution in [-0.2, 0) is 9.53 Å². The summed E-state index contributed by atoms with van der Waals surface area (Å²) >= 11 is 0. The highest BCUT2D eigenvalue weighted by Gasteiger charge is 2.08. The van der Waals surface area contributed by atoms with E-state index in [2.05, 4.69) is 4.74 Å². The molecule has 4 nitrogen and oxygen atoms in total. The van der Waals surface area contributed by atoms with Crippen molar-refractivity contribution < 1.29 is 9.53 Å². The van der Waals surface area contributed by atoms with Gasteiger partial charge in [-0.25, -0.2) is 5.01 Å². The normalized spacial score (nSPS) is 10.6. The third kappa shape index (κ3) is 3.42. The van der Waals surface area contributed by atoms with Gasteiger partial charge < -0.3 is 4.74 Å². The summed E-state index contributed by atoms with van der Waals surface area (Å²) in [6, 6.07) is 0.166. The van der Waals surface area contributed by atoms with Crippen LogP contribution < -0.4 is 5.84 Å². The number of hydrogen-bond donors (Lipinski definition) is 1. The van der Waals surface area contributed by atoms with Gasteiger partial charge >= 0.3 is 5.97 Å². The fourth-order valence-electron chi connectivity index (χ4n) is 0.396. The highest BCUT2D eigenvalue weighted by Crippen LogP contribution is 1.89. The van der Waals surface area contributed by atoms with Gasteiger partial charge in [-0.05, 0) is 13.8 Å². The second kappa shape index (κ2) is 4.24. The Morgan fingerprint density at radius 2 is 2.20 bits per heavy atom. The van der Waals surface area contributed by atoms with E-state index >= 15 is 0 Å². The SMILES string of the molecule is COC(=O)CN(N)C(C)C. The number of nitrogens with two attached hydrogens (primary N) is 1. The van der Waals surface area contributed by atoms with Gasteiger partial charge in [0.2, 0.25) is 0 Å². The van der Waals surface area contributed by atoms with E-state index in [0.29, 0.717) is 0 Å². The van der Waals surface area contributed by atoms with Crippen LogP contribution >= 0.6 is 0 Å². The number of carbonyl (C=O) groups excluding carboxylic acids is 1. The minimum atomic E-state index is -0.309. The molecule has 0 unspecified atom stereocenters. The molecule has 0 bridgehead atoms. The Hall–Kier alpha value is -0.610. The largest absolute Gasteiger partial charge is 0.468 e. The van der Waals surface area contributed by atoms with Crippen LogP contribution in [0.2, 0.25) is 0 Å². The lowest BCUT2D eigenvalue weighted by Crippen LogP contribution is -2.41. The topological polar surface area (TPSA) is 55.6 Å². The quantitative estimate of drug-likeness (QED) is 0.339. The summed E-state index contributed by atoms with van der Waals surface area (Å²) in [6.07, 6.45) is 0. The van der Waals surface area contributed by atoms with Crippen molar-refractivity contribution in [3.8, 4) is 0 Å². The molecular weight excluding hydrogens is 132 g/mol. The highest BCUT2D eigenvalue weighted by molar-refractivity contribution is 5.71. The Labute approximate surface area is 60.9 Å². The number of nitrogens with zero attached hydrogens (tertiary/aromatic N) is 1. The molecule has 0 saturated heterocycles. The Bertz CT molecular complexity index is 114. The van der Waals surface area contributed by atoms with Gasteiger partial charge in [0.1, 0.15) is 6.54 Å². The molecule has 4 heteroatoms. The van der Waals surface area contributed by atoms with Gasteiger partial charge in [0.05, 0.1) is 7.11 Å². The predicted octanol–water partition coefficient (Wildman–Crippen LogP) is -0.256. The first-order chi connectivity index (χ1) is 4.57. The average Bonchev–Trinajstić information content (AvgIpc) is 1.87. The minimum Gasteiger partial charge on any atom is -0.468 e. The van der Waals surface area contributed by atoms with Crippen molar-refractivity contribution in [3.05, 3.63) is 0 Å². The van der Waals surface area contributed by atoms with Crippen LogP contribution in [0.25, 0.3) is 0 Å². The van der Waals surface area contributed by atoms with Gasteiger partial charge in [-0.3, -0.25) is 10.6 Å². The Balaban J connectivity index is 3.57. The molecule has 0 spiro atoms. The van der Waals surface area contributed by atoms with Crippen molar-refractivity contribution in [1.82, 2.24) is 5.01 Å². The Kier molecular flexibility index (Phi) is 3.99. The smallest absolute Gasteiger partial charge is 0.321 e. The molecular formula is C6H14N2O2. The summed E-state index contributed by atoms with van der Waals surface area (Å²) in [5.74, 6) is 5.12. The zero-order chi connectivity index (χ0) is 8.15. The van der Waals surface area contributed by atoms with Gasteiger partial charge in [0.25, 0.3) is 0 Å². The van der Waals surface area contributed by atoms with E-state index in [-0.39, 0.29) is 18.6 Å². The third-order valence-electron chi connectivity index (χ3n) is 1.20. The fourth-order valence-corrected chi connectivity index (χ4v) is 0.396. The molecule has 0 saturated carbocycles. The highest BCUT2D eigenvalue weighted by atomic mass is 16.5. The molecule has 0 aromatic heterocycles. The number of ether oxygens (including phenoxy) is 1. The molecule has 0 aliphatic carbocycles. The first-order valence-corrected chi connectivity index (χ1v) is 3.16. The maximum atomic E-state index is 10.6. The van der Waals surface area contributed by atoms with Crippen molar-refractivity contribution in [2.24, 2.45) is 5.84 Å². The van der Waals surface area contributed by atoms with Crippen molar-refractivity contribution in [2.75, 3.05) is 13.7 Å². The minimum absolute atomic E-state index is 0.147. The summed E-state index contributed by atoms with van der Waals surface area (Å²) in [5.41, 5.74) is 0. The van der Waals surface area contributed by atoms with Crippen LogP contribution in [0.15, 0.2) is 0 Å². The second-order valence-electron chi connectivity index (χ2n) is 2.34. The molecule has 60 valence electrons. The van der Waals surface area contributed by atoms with E-state index in [9.17, 15) is 4.79 Å². The average molecular weight is 146 g/mol. The van der Waals surface area contributed by atoms with Crippen LogP contribution in [0.1, 0.15) is 13.8 Å². The summed E-state index contributed by atoms with van der Waals surface area (Å²) in [4.78, 5) is 10.6. The summed E-state index contributed by atoms with van der Waals surface area (Å²) in [5, 5.41) is 1.42. The van der Waals surface area contributed by atoms with Crippen LogP contribution in [0.4, 0.5) is 0 Å². The van der Waals surface area contributed by atoms with Crippen molar-refractivity contribution in [1.29, 1.82) is 0 Å². The van der Waals surface area contributed by atoms with Gasteiger partial charge in [0, 0.05) is 6.04 Å². The Morgan fingerprint density at radius 3 is 2.50 bits per heavy atom.